The molecule has 1 aliphatic rings. The highest BCUT2D eigenvalue weighted by molar-refractivity contribution is 5.56. The lowest BCUT2D eigenvalue weighted by molar-refractivity contribution is 1.07. The molecule has 1 aliphatic carbocycles. The van der Waals surface area contributed by atoms with E-state index in [1.54, 1.807) is 6.07 Å². The van der Waals surface area contributed by atoms with Crippen LogP contribution in [0.4, 0.5) is 5.69 Å². The molecule has 2 nitrogen and oxygen atoms in total. The molecule has 0 bridgehead atoms. The molecule has 0 aliphatic heterocycles. The second kappa shape index (κ2) is 6.01. The van der Waals surface area contributed by atoms with Crippen LogP contribution in [0.1, 0.15) is 21.6 Å². The third kappa shape index (κ3) is 2.66. The summed E-state index contributed by atoms with van der Waals surface area (Å²) in [5.74, 6) is 0. The van der Waals surface area contributed by atoms with E-state index < -0.39 is 0 Å². The Hall–Kier alpha value is -1.70. The van der Waals surface area contributed by atoms with Crippen molar-refractivity contribution in [2.24, 2.45) is 5.73 Å². The van der Waals surface area contributed by atoms with Crippen molar-refractivity contribution in [1.82, 2.24) is 0 Å². The molecular weight excluding hydrogens is 196 g/mol. The van der Waals surface area contributed by atoms with E-state index in [1.165, 1.54) is 0 Å². The number of para-hydroxylation sites is 1. The van der Waals surface area contributed by atoms with Gasteiger partial charge in [0.05, 0.1) is 7.07 Å². The topological polar surface area (TPSA) is 29.3 Å². The average Bonchev–Trinajstić information content (AvgIpc) is 2.77. The number of nitrogens with two attached hydrogens (primary N) is 1. The number of allylic oxidation sites excluding steroid dienone is 2. The summed E-state index contributed by atoms with van der Waals surface area (Å²) in [7, 11) is 1.96. The molecule has 0 fully saturated rings. The van der Waals surface area contributed by atoms with Crippen molar-refractivity contribution >= 4 is 5.69 Å². The van der Waals surface area contributed by atoms with Crippen LogP contribution < -0.4 is 10.6 Å². The van der Waals surface area contributed by atoms with Gasteiger partial charge in [0.25, 0.3) is 0 Å². The van der Waals surface area contributed by atoms with Crippen LogP contribution in [-0.2, 0) is 0 Å². The highest BCUT2D eigenvalue weighted by Gasteiger charge is 2.11. The minimum Gasteiger partial charge on any atom is -0.400 e. The molecule has 2 N–H and O–H groups in total. The Morgan fingerprint density at radius 1 is 1.31 bits per heavy atom. The molecule has 0 heterocycles. The van der Waals surface area contributed by atoms with Gasteiger partial charge in [0.2, 0.25) is 0 Å². The first-order chi connectivity index (χ1) is 8.18. The Balaban J connectivity index is 0.000000686. The molecule has 1 aromatic rings. The monoisotopic (exact) mass is 217 g/mol. The summed E-state index contributed by atoms with van der Waals surface area (Å²) in [5.41, 5.74) is 8.79. The molecule has 0 radical (unpaired) electrons. The standard InChI is InChI=1S/C12H14N2.C2H6/c1-14(10-6-3-2-4-7-10)12-9-5-8-11(12)13;1-2/h2-7,9H,8,13H2,1H3;1-2H3/i3D;. The molecule has 0 atom stereocenters. The number of nitrogens with zero attached hydrogens (tertiary/aromatic N) is 1. The van der Waals surface area contributed by atoms with Gasteiger partial charge in [-0.3, -0.25) is 0 Å². The van der Waals surface area contributed by atoms with Gasteiger partial charge in [0.15, 0.2) is 0 Å². The van der Waals surface area contributed by atoms with E-state index in [-0.39, 0.29) is 0 Å². The van der Waals surface area contributed by atoms with Crippen molar-refractivity contribution in [2.45, 2.75) is 20.3 Å². The summed E-state index contributed by atoms with van der Waals surface area (Å²) in [4.78, 5) is 2.01. The Labute approximate surface area is 99.5 Å². The zero-order chi connectivity index (χ0) is 12.8. The van der Waals surface area contributed by atoms with Crippen LogP contribution in [0.2, 0.25) is 0 Å². The van der Waals surface area contributed by atoms with E-state index in [1.807, 2.05) is 56.1 Å². The van der Waals surface area contributed by atoms with Gasteiger partial charge in [-0.1, -0.05) is 38.1 Å². The zero-order valence-electron chi connectivity index (χ0n) is 11.2. The van der Waals surface area contributed by atoms with Gasteiger partial charge >= 0.3 is 0 Å². The maximum absolute atomic E-state index is 7.56. The third-order valence-electron chi connectivity index (χ3n) is 2.38. The first-order valence-electron chi connectivity index (χ1n) is 6.14. The van der Waals surface area contributed by atoms with E-state index >= 15 is 0 Å². The van der Waals surface area contributed by atoms with Crippen LogP contribution in [0.3, 0.4) is 0 Å². The Bertz CT molecular complexity index is 436. The van der Waals surface area contributed by atoms with Crippen molar-refractivity contribution in [3.63, 3.8) is 0 Å². The summed E-state index contributed by atoms with van der Waals surface area (Å²) in [5, 5.41) is 0. The Kier molecular flexibility index (Phi) is 4.06. The minimum atomic E-state index is 0.514. The predicted molar refractivity (Wildman–Crippen MR) is 71.2 cm³/mol. The zero-order valence-corrected chi connectivity index (χ0v) is 10.2. The lowest BCUT2D eigenvalue weighted by atomic mass is 10.2. The van der Waals surface area contributed by atoms with Gasteiger partial charge in [-0.25, -0.2) is 0 Å². The Morgan fingerprint density at radius 2 is 2.06 bits per heavy atom. The molecule has 2 rings (SSSR count). The summed E-state index contributed by atoms with van der Waals surface area (Å²) in [6, 6.07) is 7.96. The molecule has 16 heavy (non-hydrogen) atoms. The fourth-order valence-corrected chi connectivity index (χ4v) is 1.57. The molecule has 0 saturated carbocycles. The van der Waals surface area contributed by atoms with Crippen molar-refractivity contribution in [2.75, 3.05) is 11.9 Å². The van der Waals surface area contributed by atoms with E-state index in [2.05, 4.69) is 0 Å². The maximum Gasteiger partial charge on any atom is 0.0623 e. The molecule has 0 spiro atoms. The van der Waals surface area contributed by atoms with E-state index in [9.17, 15) is 0 Å². The second-order valence-corrected chi connectivity index (χ2v) is 3.34. The smallest absolute Gasteiger partial charge is 0.0623 e. The van der Waals surface area contributed by atoms with Gasteiger partial charge in [-0.05, 0) is 18.2 Å². The summed E-state index contributed by atoms with van der Waals surface area (Å²) < 4.78 is 7.56. The van der Waals surface area contributed by atoms with Crippen molar-refractivity contribution in [1.29, 1.82) is 0 Å². The molecular formula is C14H20N2. The normalized spacial score (nSPS) is 14.3. The average molecular weight is 217 g/mol. The van der Waals surface area contributed by atoms with E-state index in [0.717, 1.165) is 23.5 Å². The lowest BCUT2D eigenvalue weighted by Crippen LogP contribution is -2.17. The van der Waals surface area contributed by atoms with Crippen LogP contribution >= 0.6 is 0 Å². The van der Waals surface area contributed by atoms with Crippen LogP contribution in [-0.4, -0.2) is 7.05 Å². The van der Waals surface area contributed by atoms with Crippen molar-refractivity contribution in [3.05, 3.63) is 53.9 Å². The van der Waals surface area contributed by atoms with Crippen LogP contribution in [0.5, 0.6) is 0 Å². The molecule has 0 aromatic heterocycles. The summed E-state index contributed by atoms with van der Waals surface area (Å²) >= 11 is 0. The van der Waals surface area contributed by atoms with E-state index in [0.29, 0.717) is 6.04 Å². The van der Waals surface area contributed by atoms with E-state index in [4.69, 9.17) is 7.10 Å². The number of hydrogen-bond donors (Lipinski definition) is 1. The minimum absolute atomic E-state index is 0.514. The van der Waals surface area contributed by atoms with Gasteiger partial charge in [0, 0.05) is 24.9 Å². The number of rotatable bonds is 2. The quantitative estimate of drug-likeness (QED) is 0.823. The first kappa shape index (κ1) is 10.8. The molecule has 1 aromatic carbocycles. The number of hydrogen-bond acceptors (Lipinski definition) is 2. The number of anilines is 1. The molecule has 0 unspecified atom stereocenters. The fraction of sp³-hybridized carbons (Fsp3) is 0.286. The second-order valence-electron chi connectivity index (χ2n) is 3.34. The van der Waals surface area contributed by atoms with Gasteiger partial charge < -0.3 is 10.6 Å². The highest BCUT2D eigenvalue weighted by Crippen LogP contribution is 2.23. The lowest BCUT2D eigenvalue weighted by Gasteiger charge is -2.20. The van der Waals surface area contributed by atoms with Gasteiger partial charge in [0.1, 0.15) is 0 Å². The Morgan fingerprint density at radius 3 is 2.62 bits per heavy atom. The molecule has 0 amide bonds. The SMILES string of the molecule is CC.[2H]c1cccc(N(C)C2=C(N)CC=C2)c1. The third-order valence-corrected chi connectivity index (χ3v) is 2.38. The predicted octanol–water partition coefficient (Wildman–Crippen LogP) is 3.28. The molecule has 0 saturated heterocycles. The van der Waals surface area contributed by atoms with Gasteiger partial charge in [-0.2, -0.15) is 0 Å². The molecule has 2 heteroatoms. The van der Waals surface area contributed by atoms with Crippen molar-refractivity contribution in [3.8, 4) is 0 Å². The van der Waals surface area contributed by atoms with Crippen LogP contribution in [0.15, 0.2) is 53.9 Å². The summed E-state index contributed by atoms with van der Waals surface area (Å²) in [6.45, 7) is 4.00. The van der Waals surface area contributed by atoms with Crippen molar-refractivity contribution < 1.29 is 1.37 Å². The fourth-order valence-electron chi connectivity index (χ4n) is 1.57. The van der Waals surface area contributed by atoms with Gasteiger partial charge in [-0.15, -0.1) is 0 Å². The molecule has 86 valence electrons. The summed E-state index contributed by atoms with van der Waals surface area (Å²) in [6.07, 6.45) is 4.89. The largest absolute Gasteiger partial charge is 0.400 e. The maximum atomic E-state index is 7.56. The number of likely N-dealkylation sites (N-methyl/N-ethyl adjacent to an activating group) is 1. The van der Waals surface area contributed by atoms with Crippen LogP contribution in [0, 0.1) is 0 Å². The number of benzene rings is 1. The van der Waals surface area contributed by atoms with Crippen LogP contribution in [0.25, 0.3) is 0 Å². The first-order valence-corrected chi connectivity index (χ1v) is 5.64. The highest BCUT2D eigenvalue weighted by atomic mass is 15.1.